The summed E-state index contributed by atoms with van der Waals surface area (Å²) in [4.78, 5) is 22.3. The lowest BCUT2D eigenvalue weighted by Crippen LogP contribution is -2.11. The van der Waals surface area contributed by atoms with Crippen molar-refractivity contribution in [3.05, 3.63) is 47.8 Å². The first-order chi connectivity index (χ1) is 9.04. The van der Waals surface area contributed by atoms with Gasteiger partial charge < -0.3 is 9.30 Å². The number of fused-ring (bicyclic) bond motifs is 1. The van der Waals surface area contributed by atoms with Crippen molar-refractivity contribution in [2.75, 3.05) is 7.11 Å². The van der Waals surface area contributed by atoms with Gasteiger partial charge in [0.15, 0.2) is 5.78 Å². The Morgan fingerprint density at radius 3 is 2.16 bits per heavy atom. The van der Waals surface area contributed by atoms with Gasteiger partial charge in [0.2, 0.25) is 0 Å². The molecule has 19 heavy (non-hydrogen) atoms. The SMILES string of the molecule is COC(=O)c1c(C(C)=O)ccn1C.c1cc2cc-2c1. The molecule has 3 rings (SSSR count). The Balaban J connectivity index is 0.000000180. The highest BCUT2D eigenvalue weighted by molar-refractivity contribution is 6.04. The summed E-state index contributed by atoms with van der Waals surface area (Å²) in [6.45, 7) is 1.42. The van der Waals surface area contributed by atoms with Gasteiger partial charge in [-0.25, -0.2) is 4.79 Å². The van der Waals surface area contributed by atoms with E-state index < -0.39 is 5.97 Å². The summed E-state index contributed by atoms with van der Waals surface area (Å²) in [6, 6.07) is 10.1. The second kappa shape index (κ2) is 5.10. The van der Waals surface area contributed by atoms with E-state index in [0.717, 1.165) is 0 Å². The van der Waals surface area contributed by atoms with E-state index in [-0.39, 0.29) is 5.78 Å². The topological polar surface area (TPSA) is 48.3 Å². The molecule has 0 fully saturated rings. The molecule has 1 aromatic rings. The quantitative estimate of drug-likeness (QED) is 0.524. The number of hydrogen-bond acceptors (Lipinski definition) is 3. The molecule has 1 heterocycles. The lowest BCUT2D eigenvalue weighted by atomic mass is 10.2. The van der Waals surface area contributed by atoms with Crippen LogP contribution in [0.4, 0.5) is 0 Å². The molecule has 0 saturated carbocycles. The highest BCUT2D eigenvalue weighted by Crippen LogP contribution is 2.32. The molecule has 0 aliphatic heterocycles. The van der Waals surface area contributed by atoms with Gasteiger partial charge >= 0.3 is 5.97 Å². The summed E-state index contributed by atoms with van der Waals surface area (Å²) in [6.07, 6.45) is 1.66. The smallest absolute Gasteiger partial charge is 0.355 e. The first-order valence-electron chi connectivity index (χ1n) is 5.89. The normalized spacial score (nSPS) is 10.3. The van der Waals surface area contributed by atoms with Crippen LogP contribution in [0.25, 0.3) is 11.1 Å². The van der Waals surface area contributed by atoms with E-state index in [1.54, 1.807) is 23.9 Å². The number of nitrogens with zero attached hydrogens (tertiary/aromatic N) is 1. The van der Waals surface area contributed by atoms with Crippen LogP contribution in [0.3, 0.4) is 0 Å². The van der Waals surface area contributed by atoms with Crippen LogP contribution in [-0.2, 0) is 11.8 Å². The van der Waals surface area contributed by atoms with E-state index in [1.807, 2.05) is 0 Å². The maximum atomic E-state index is 11.2. The number of aryl methyl sites for hydroxylation is 1. The third kappa shape index (κ3) is 2.73. The van der Waals surface area contributed by atoms with E-state index >= 15 is 0 Å². The summed E-state index contributed by atoms with van der Waals surface area (Å²) in [5, 5.41) is 0. The van der Waals surface area contributed by atoms with Crippen molar-refractivity contribution in [2.24, 2.45) is 7.05 Å². The first-order valence-corrected chi connectivity index (χ1v) is 5.89. The van der Waals surface area contributed by atoms with Gasteiger partial charge in [-0.2, -0.15) is 0 Å². The van der Waals surface area contributed by atoms with Crippen LogP contribution in [-0.4, -0.2) is 23.4 Å². The third-order valence-electron chi connectivity index (χ3n) is 2.94. The minimum Gasteiger partial charge on any atom is -0.464 e. The summed E-state index contributed by atoms with van der Waals surface area (Å²) >= 11 is 0. The molecule has 2 aliphatic rings. The van der Waals surface area contributed by atoms with Gasteiger partial charge in [-0.05, 0) is 30.2 Å². The molecule has 0 unspecified atom stereocenters. The molecule has 0 bridgehead atoms. The van der Waals surface area contributed by atoms with Gasteiger partial charge in [0.1, 0.15) is 5.69 Å². The summed E-state index contributed by atoms with van der Waals surface area (Å²) < 4.78 is 6.13. The van der Waals surface area contributed by atoms with Gasteiger partial charge in [0, 0.05) is 18.8 Å². The number of carbonyl (C=O) groups is 2. The highest BCUT2D eigenvalue weighted by atomic mass is 16.5. The van der Waals surface area contributed by atoms with Crippen LogP contribution in [0.1, 0.15) is 27.8 Å². The zero-order valence-corrected chi connectivity index (χ0v) is 11.1. The molecule has 98 valence electrons. The molecule has 1 aromatic heterocycles. The van der Waals surface area contributed by atoms with Crippen LogP contribution < -0.4 is 0 Å². The molecular formula is C15H15NO3. The van der Waals surface area contributed by atoms with Gasteiger partial charge in [-0.15, -0.1) is 0 Å². The van der Waals surface area contributed by atoms with Crippen molar-refractivity contribution in [1.29, 1.82) is 0 Å². The number of ether oxygens (including phenoxy) is 1. The zero-order valence-electron chi connectivity index (χ0n) is 11.1. The summed E-state index contributed by atoms with van der Waals surface area (Å²) in [5.41, 5.74) is 3.55. The summed E-state index contributed by atoms with van der Waals surface area (Å²) in [7, 11) is 2.98. The zero-order chi connectivity index (χ0) is 14.0. The number of carbonyl (C=O) groups excluding carboxylic acids is 2. The van der Waals surface area contributed by atoms with E-state index in [1.165, 1.54) is 25.2 Å². The Kier molecular flexibility index (Phi) is 3.51. The predicted octanol–water partition coefficient (Wildman–Crippen LogP) is 2.68. The molecule has 2 aliphatic carbocycles. The fourth-order valence-corrected chi connectivity index (χ4v) is 1.84. The summed E-state index contributed by atoms with van der Waals surface area (Å²) in [5.74, 6) is -0.626. The van der Waals surface area contributed by atoms with Crippen LogP contribution in [0.5, 0.6) is 0 Å². The van der Waals surface area contributed by atoms with Crippen molar-refractivity contribution in [3.63, 3.8) is 0 Å². The molecule has 0 saturated heterocycles. The Hall–Kier alpha value is -2.36. The predicted molar refractivity (Wildman–Crippen MR) is 72.2 cm³/mol. The van der Waals surface area contributed by atoms with Crippen molar-refractivity contribution in [2.45, 2.75) is 6.92 Å². The highest BCUT2D eigenvalue weighted by Gasteiger charge is 2.18. The van der Waals surface area contributed by atoms with E-state index in [0.29, 0.717) is 11.3 Å². The lowest BCUT2D eigenvalue weighted by molar-refractivity contribution is 0.0586. The van der Waals surface area contributed by atoms with Crippen LogP contribution in [0, 0.1) is 0 Å². The largest absolute Gasteiger partial charge is 0.464 e. The van der Waals surface area contributed by atoms with Crippen LogP contribution in [0.15, 0.2) is 36.5 Å². The molecule has 0 amide bonds. The number of methoxy groups -OCH3 is 1. The van der Waals surface area contributed by atoms with Crippen molar-refractivity contribution < 1.29 is 14.3 Å². The van der Waals surface area contributed by atoms with Crippen LogP contribution >= 0.6 is 0 Å². The van der Waals surface area contributed by atoms with E-state index in [4.69, 9.17) is 0 Å². The molecule has 0 spiro atoms. The fourth-order valence-electron chi connectivity index (χ4n) is 1.84. The molecule has 0 atom stereocenters. The van der Waals surface area contributed by atoms with E-state index in [2.05, 4.69) is 29.0 Å². The van der Waals surface area contributed by atoms with Crippen molar-refractivity contribution in [1.82, 2.24) is 4.57 Å². The second-order valence-electron chi connectivity index (χ2n) is 4.32. The molecular weight excluding hydrogens is 242 g/mol. The second-order valence-corrected chi connectivity index (χ2v) is 4.32. The van der Waals surface area contributed by atoms with E-state index in [9.17, 15) is 9.59 Å². The first kappa shape index (κ1) is 13.1. The van der Waals surface area contributed by atoms with Gasteiger partial charge in [-0.3, -0.25) is 4.79 Å². The Labute approximate surface area is 111 Å². The maximum absolute atomic E-state index is 11.2. The molecule has 0 N–H and O–H groups in total. The van der Waals surface area contributed by atoms with Gasteiger partial charge in [0.25, 0.3) is 0 Å². The number of rotatable bonds is 2. The Morgan fingerprint density at radius 1 is 1.16 bits per heavy atom. The molecule has 0 aromatic carbocycles. The monoisotopic (exact) mass is 257 g/mol. The molecule has 4 heteroatoms. The number of esters is 1. The standard InChI is InChI=1S/C9H11NO3.C6H4/c1-6(11)7-4-5-10(2)8(7)9(12)13-3;1-2-5-4-6(5)3-1/h4-5H,1-3H3;1-4H. The third-order valence-corrected chi connectivity index (χ3v) is 2.94. The Bertz CT molecular complexity index is 623. The average molecular weight is 257 g/mol. The number of benzene rings is 1. The number of Topliss-reactive ketones (excluding diaryl/α,β-unsaturated/α-hetero) is 1. The number of aromatic nitrogens is 1. The molecule has 4 nitrogen and oxygen atoms in total. The lowest BCUT2D eigenvalue weighted by Gasteiger charge is -2.02. The number of ketones is 1. The minimum absolute atomic E-state index is 0.138. The number of hydrogen-bond donors (Lipinski definition) is 0. The Morgan fingerprint density at radius 2 is 1.79 bits per heavy atom. The van der Waals surface area contributed by atoms with Gasteiger partial charge in [-0.1, -0.05) is 18.2 Å². The van der Waals surface area contributed by atoms with Gasteiger partial charge in [0.05, 0.1) is 7.11 Å². The average Bonchev–Trinajstić information content (AvgIpc) is 2.82. The maximum Gasteiger partial charge on any atom is 0.355 e. The van der Waals surface area contributed by atoms with Crippen LogP contribution in [0.2, 0.25) is 0 Å². The van der Waals surface area contributed by atoms with Crippen molar-refractivity contribution >= 4 is 11.8 Å². The fraction of sp³-hybridized carbons (Fsp3) is 0.200. The minimum atomic E-state index is -0.488. The van der Waals surface area contributed by atoms with Crippen molar-refractivity contribution in [3.8, 4) is 11.1 Å². The molecule has 0 radical (unpaired) electrons.